The van der Waals surface area contributed by atoms with Crippen LogP contribution in [-0.2, 0) is 19.0 Å². The molecule has 1 heterocycles. The number of guanidine groups is 1. The standard InChI is InChI=1S/C19H23F3N4.HI/c1-14-13-24-10-8-16(14)9-12-26-18(23-2)25-11-7-15-3-5-17(6-4-15)19(20,21)22;/h3-6,8,10,13H,7,9,11-12H2,1-2H3,(H2,23,25,26);1H. The maximum Gasteiger partial charge on any atom is 0.416 e. The zero-order valence-corrected chi connectivity index (χ0v) is 17.6. The van der Waals surface area contributed by atoms with Gasteiger partial charge in [0.1, 0.15) is 0 Å². The monoisotopic (exact) mass is 492 g/mol. The smallest absolute Gasteiger partial charge is 0.356 e. The highest BCUT2D eigenvalue weighted by atomic mass is 127. The van der Waals surface area contributed by atoms with Crippen LogP contribution < -0.4 is 10.6 Å². The Kier molecular flexibility index (Phi) is 9.54. The molecule has 0 unspecified atom stereocenters. The summed E-state index contributed by atoms with van der Waals surface area (Å²) < 4.78 is 37.6. The van der Waals surface area contributed by atoms with E-state index in [4.69, 9.17) is 0 Å². The molecule has 2 N–H and O–H groups in total. The summed E-state index contributed by atoms with van der Waals surface area (Å²) in [6.45, 7) is 3.34. The van der Waals surface area contributed by atoms with E-state index in [1.807, 2.05) is 19.2 Å². The largest absolute Gasteiger partial charge is 0.416 e. The van der Waals surface area contributed by atoms with Gasteiger partial charge in [0.15, 0.2) is 5.96 Å². The van der Waals surface area contributed by atoms with Crippen molar-refractivity contribution in [2.45, 2.75) is 25.9 Å². The van der Waals surface area contributed by atoms with Crippen LogP contribution in [0.3, 0.4) is 0 Å². The van der Waals surface area contributed by atoms with Gasteiger partial charge in [-0.15, -0.1) is 24.0 Å². The van der Waals surface area contributed by atoms with Gasteiger partial charge in [0, 0.05) is 32.5 Å². The van der Waals surface area contributed by atoms with Crippen molar-refractivity contribution in [3.63, 3.8) is 0 Å². The number of pyridine rings is 1. The number of hydrogen-bond donors (Lipinski definition) is 2. The van der Waals surface area contributed by atoms with Crippen LogP contribution in [0.5, 0.6) is 0 Å². The van der Waals surface area contributed by atoms with Gasteiger partial charge >= 0.3 is 6.18 Å². The van der Waals surface area contributed by atoms with E-state index < -0.39 is 11.7 Å². The third kappa shape index (κ3) is 7.74. The molecule has 0 spiro atoms. The van der Waals surface area contributed by atoms with E-state index in [1.54, 1.807) is 13.2 Å². The zero-order chi connectivity index (χ0) is 19.0. The average molecular weight is 492 g/mol. The second-order valence-electron chi connectivity index (χ2n) is 5.92. The SMILES string of the molecule is CN=C(NCCc1ccc(C(F)(F)F)cc1)NCCc1ccncc1C.I. The van der Waals surface area contributed by atoms with Crippen molar-refractivity contribution in [1.29, 1.82) is 0 Å². The molecule has 148 valence electrons. The summed E-state index contributed by atoms with van der Waals surface area (Å²) in [5.41, 5.74) is 2.60. The Labute approximate surface area is 174 Å². The van der Waals surface area contributed by atoms with E-state index in [1.165, 1.54) is 17.7 Å². The molecule has 2 aromatic rings. The quantitative estimate of drug-likeness (QED) is 0.365. The predicted octanol–water partition coefficient (Wildman–Crippen LogP) is 3.98. The summed E-state index contributed by atoms with van der Waals surface area (Å²) in [5, 5.41) is 6.40. The number of aromatic nitrogens is 1. The average Bonchev–Trinajstić information content (AvgIpc) is 2.61. The van der Waals surface area contributed by atoms with Crippen molar-refractivity contribution in [3.8, 4) is 0 Å². The second-order valence-corrected chi connectivity index (χ2v) is 5.92. The first kappa shape index (κ1) is 23.2. The molecule has 2 rings (SSSR count). The molecule has 4 nitrogen and oxygen atoms in total. The number of hydrogen-bond acceptors (Lipinski definition) is 2. The molecule has 0 bridgehead atoms. The lowest BCUT2D eigenvalue weighted by Crippen LogP contribution is -2.39. The highest BCUT2D eigenvalue weighted by molar-refractivity contribution is 14.0. The molecule has 1 aromatic heterocycles. The molecule has 27 heavy (non-hydrogen) atoms. The van der Waals surface area contributed by atoms with Crippen molar-refractivity contribution in [2.24, 2.45) is 4.99 Å². The first-order valence-electron chi connectivity index (χ1n) is 8.40. The van der Waals surface area contributed by atoms with E-state index in [9.17, 15) is 13.2 Å². The van der Waals surface area contributed by atoms with Gasteiger partial charge in [-0.2, -0.15) is 13.2 Å². The van der Waals surface area contributed by atoms with Crippen LogP contribution >= 0.6 is 24.0 Å². The van der Waals surface area contributed by atoms with Crippen LogP contribution in [0.4, 0.5) is 13.2 Å². The van der Waals surface area contributed by atoms with Crippen LogP contribution in [0.15, 0.2) is 47.7 Å². The van der Waals surface area contributed by atoms with Gasteiger partial charge in [-0.25, -0.2) is 0 Å². The molecule has 0 saturated carbocycles. The third-order valence-corrected chi connectivity index (χ3v) is 4.03. The third-order valence-electron chi connectivity index (χ3n) is 4.03. The molecule has 0 radical (unpaired) electrons. The Morgan fingerprint density at radius 3 is 2.22 bits per heavy atom. The number of nitrogens with zero attached hydrogens (tertiary/aromatic N) is 2. The number of aliphatic imine (C=N–C) groups is 1. The second kappa shape index (κ2) is 11.1. The van der Waals surface area contributed by atoms with Crippen molar-refractivity contribution >= 4 is 29.9 Å². The van der Waals surface area contributed by atoms with Gasteiger partial charge in [-0.1, -0.05) is 12.1 Å². The van der Waals surface area contributed by atoms with Gasteiger partial charge in [0.25, 0.3) is 0 Å². The predicted molar refractivity (Wildman–Crippen MR) is 113 cm³/mol. The van der Waals surface area contributed by atoms with Crippen LogP contribution in [0.2, 0.25) is 0 Å². The van der Waals surface area contributed by atoms with E-state index in [2.05, 4.69) is 20.6 Å². The molecule has 0 aliphatic rings. The van der Waals surface area contributed by atoms with Gasteiger partial charge in [-0.3, -0.25) is 9.98 Å². The maximum atomic E-state index is 12.5. The minimum absolute atomic E-state index is 0. The summed E-state index contributed by atoms with van der Waals surface area (Å²) in [4.78, 5) is 8.23. The van der Waals surface area contributed by atoms with E-state index in [0.717, 1.165) is 36.2 Å². The summed E-state index contributed by atoms with van der Waals surface area (Å²) in [6, 6.07) is 7.23. The normalized spacial score (nSPS) is 11.7. The Hall–Kier alpha value is -1.84. The lowest BCUT2D eigenvalue weighted by Gasteiger charge is -2.13. The fourth-order valence-electron chi connectivity index (χ4n) is 2.50. The number of alkyl halides is 3. The molecule has 8 heteroatoms. The highest BCUT2D eigenvalue weighted by Gasteiger charge is 2.29. The molecular formula is C19H24F3IN4. The number of halogens is 4. The highest BCUT2D eigenvalue weighted by Crippen LogP contribution is 2.29. The Morgan fingerprint density at radius 1 is 1.04 bits per heavy atom. The fraction of sp³-hybridized carbons (Fsp3) is 0.368. The molecule has 0 aliphatic carbocycles. The topological polar surface area (TPSA) is 49.3 Å². The minimum Gasteiger partial charge on any atom is -0.356 e. The molecule has 1 aromatic carbocycles. The summed E-state index contributed by atoms with van der Waals surface area (Å²) >= 11 is 0. The van der Waals surface area contributed by atoms with Crippen LogP contribution in [0.25, 0.3) is 0 Å². The van der Waals surface area contributed by atoms with Crippen molar-refractivity contribution in [3.05, 3.63) is 65.0 Å². The molecule has 0 amide bonds. The number of benzene rings is 1. The maximum absolute atomic E-state index is 12.5. The van der Waals surface area contributed by atoms with Crippen LogP contribution in [-0.4, -0.2) is 31.1 Å². The Bertz CT molecular complexity index is 730. The number of aryl methyl sites for hydroxylation is 1. The Balaban J connectivity index is 0.00000364. The van der Waals surface area contributed by atoms with Gasteiger partial charge in [0.2, 0.25) is 0 Å². The first-order chi connectivity index (χ1) is 12.4. The van der Waals surface area contributed by atoms with Gasteiger partial charge in [0.05, 0.1) is 5.56 Å². The summed E-state index contributed by atoms with van der Waals surface area (Å²) in [6.07, 6.45) is 0.790. The molecule has 0 fully saturated rings. The van der Waals surface area contributed by atoms with E-state index in [-0.39, 0.29) is 24.0 Å². The lowest BCUT2D eigenvalue weighted by molar-refractivity contribution is -0.137. The van der Waals surface area contributed by atoms with Crippen LogP contribution in [0.1, 0.15) is 22.3 Å². The number of nitrogens with one attached hydrogen (secondary N) is 2. The Morgan fingerprint density at radius 2 is 1.67 bits per heavy atom. The van der Waals surface area contributed by atoms with E-state index >= 15 is 0 Å². The van der Waals surface area contributed by atoms with E-state index in [0.29, 0.717) is 18.9 Å². The first-order valence-corrected chi connectivity index (χ1v) is 8.40. The molecule has 0 saturated heterocycles. The summed E-state index contributed by atoms with van der Waals surface area (Å²) in [7, 11) is 1.69. The minimum atomic E-state index is -4.30. The van der Waals surface area contributed by atoms with Gasteiger partial charge in [-0.05, 0) is 54.7 Å². The lowest BCUT2D eigenvalue weighted by atomic mass is 10.1. The molecular weight excluding hydrogens is 468 g/mol. The number of rotatable bonds is 6. The molecule has 0 aliphatic heterocycles. The zero-order valence-electron chi connectivity index (χ0n) is 15.3. The van der Waals surface area contributed by atoms with Crippen LogP contribution in [0, 0.1) is 6.92 Å². The van der Waals surface area contributed by atoms with Crippen molar-refractivity contribution < 1.29 is 13.2 Å². The van der Waals surface area contributed by atoms with Crippen molar-refractivity contribution in [2.75, 3.05) is 20.1 Å². The summed E-state index contributed by atoms with van der Waals surface area (Å²) in [5.74, 6) is 0.670. The molecule has 0 atom stereocenters. The fourth-order valence-corrected chi connectivity index (χ4v) is 2.50. The van der Waals surface area contributed by atoms with Gasteiger partial charge < -0.3 is 10.6 Å². The van der Waals surface area contributed by atoms with Crippen molar-refractivity contribution in [1.82, 2.24) is 15.6 Å².